The number of esters is 1. The van der Waals surface area contributed by atoms with Gasteiger partial charge in [0.2, 0.25) is 12.6 Å². The summed E-state index contributed by atoms with van der Waals surface area (Å²) in [4.78, 5) is 25.1. The number of allylic oxidation sites excluding steroid dienone is 1. The molecular formula is C23H12Cl2O6. The van der Waals surface area contributed by atoms with Gasteiger partial charge < -0.3 is 18.9 Å². The number of ether oxygens (including phenoxy) is 4. The summed E-state index contributed by atoms with van der Waals surface area (Å²) in [5.74, 6) is 0.866. The van der Waals surface area contributed by atoms with Gasteiger partial charge in [-0.2, -0.15) is 0 Å². The van der Waals surface area contributed by atoms with Crippen LogP contribution < -0.4 is 18.9 Å². The minimum Gasteiger partial charge on any atom is -0.454 e. The normalized spacial score (nSPS) is 15.0. The van der Waals surface area contributed by atoms with Crippen LogP contribution in [0.4, 0.5) is 0 Å². The summed E-state index contributed by atoms with van der Waals surface area (Å²) in [5.41, 5.74) is 1.34. The molecule has 0 radical (unpaired) electrons. The van der Waals surface area contributed by atoms with E-state index < -0.39 is 5.97 Å². The van der Waals surface area contributed by atoms with Crippen LogP contribution in [0.3, 0.4) is 0 Å². The molecule has 2 heterocycles. The molecule has 0 amide bonds. The summed E-state index contributed by atoms with van der Waals surface area (Å²) >= 11 is 11.9. The number of carbonyl (C=O) groups excluding carboxylic acids is 2. The first kappa shape index (κ1) is 19.5. The Kier molecular flexibility index (Phi) is 4.81. The van der Waals surface area contributed by atoms with Crippen LogP contribution in [0.5, 0.6) is 23.0 Å². The number of halogens is 2. The molecule has 8 heteroatoms. The molecule has 2 aliphatic rings. The van der Waals surface area contributed by atoms with Gasteiger partial charge in [0.15, 0.2) is 17.3 Å². The number of hydrogen-bond donors (Lipinski definition) is 0. The molecule has 154 valence electrons. The number of fused-ring (bicyclic) bond motifs is 2. The van der Waals surface area contributed by atoms with E-state index in [1.165, 1.54) is 12.1 Å². The Balaban J connectivity index is 1.36. The van der Waals surface area contributed by atoms with Gasteiger partial charge in [-0.3, -0.25) is 4.79 Å². The average Bonchev–Trinajstić information content (AvgIpc) is 3.34. The first-order valence-electron chi connectivity index (χ1n) is 9.13. The smallest absolute Gasteiger partial charge is 0.343 e. The van der Waals surface area contributed by atoms with Crippen LogP contribution >= 0.6 is 23.2 Å². The van der Waals surface area contributed by atoms with Crippen LogP contribution in [0.15, 0.2) is 60.4 Å². The van der Waals surface area contributed by atoms with Crippen LogP contribution in [-0.4, -0.2) is 18.5 Å². The van der Waals surface area contributed by atoms with Gasteiger partial charge in [-0.25, -0.2) is 4.79 Å². The van der Waals surface area contributed by atoms with Crippen molar-refractivity contribution >= 4 is 41.0 Å². The van der Waals surface area contributed by atoms with Crippen LogP contribution in [0.2, 0.25) is 10.0 Å². The zero-order valence-corrected chi connectivity index (χ0v) is 17.2. The number of ketones is 1. The topological polar surface area (TPSA) is 71.1 Å². The summed E-state index contributed by atoms with van der Waals surface area (Å²) < 4.78 is 21.6. The lowest BCUT2D eigenvalue weighted by molar-refractivity contribution is 0.0734. The van der Waals surface area contributed by atoms with E-state index in [4.69, 9.17) is 42.1 Å². The molecule has 0 aliphatic carbocycles. The Morgan fingerprint density at radius 3 is 2.58 bits per heavy atom. The first-order valence-corrected chi connectivity index (χ1v) is 9.89. The minimum atomic E-state index is -0.575. The Bertz CT molecular complexity index is 1280. The second-order valence-electron chi connectivity index (χ2n) is 6.73. The van der Waals surface area contributed by atoms with Crippen LogP contribution in [-0.2, 0) is 0 Å². The van der Waals surface area contributed by atoms with E-state index in [1.54, 1.807) is 48.5 Å². The van der Waals surface area contributed by atoms with E-state index in [2.05, 4.69) is 0 Å². The fraction of sp³-hybridized carbons (Fsp3) is 0.0435. The van der Waals surface area contributed by atoms with Crippen molar-refractivity contribution in [3.63, 3.8) is 0 Å². The lowest BCUT2D eigenvalue weighted by Gasteiger charge is -2.06. The predicted molar refractivity (Wildman–Crippen MR) is 113 cm³/mol. The summed E-state index contributed by atoms with van der Waals surface area (Å²) in [5, 5.41) is 0.788. The van der Waals surface area contributed by atoms with E-state index in [1.807, 2.05) is 0 Å². The van der Waals surface area contributed by atoms with Crippen LogP contribution in [0, 0.1) is 0 Å². The Labute approximate surface area is 186 Å². The Morgan fingerprint density at radius 2 is 1.74 bits per heavy atom. The minimum absolute atomic E-state index is 0.113. The van der Waals surface area contributed by atoms with Crippen LogP contribution in [0.25, 0.3) is 6.08 Å². The summed E-state index contributed by atoms with van der Waals surface area (Å²) in [6, 6.07) is 14.3. The average molecular weight is 455 g/mol. The molecule has 6 nitrogen and oxygen atoms in total. The summed E-state index contributed by atoms with van der Waals surface area (Å²) in [6.07, 6.45) is 1.57. The zero-order chi connectivity index (χ0) is 21.5. The highest BCUT2D eigenvalue weighted by atomic mass is 35.5. The Morgan fingerprint density at radius 1 is 0.903 bits per heavy atom. The van der Waals surface area contributed by atoms with E-state index in [0.717, 1.165) is 0 Å². The molecule has 0 fully saturated rings. The number of Topliss-reactive ketones (excluding diaryl/α,β-unsaturated/α-hetero) is 1. The predicted octanol–water partition coefficient (Wildman–Crippen LogP) is 5.56. The van der Waals surface area contributed by atoms with Crippen molar-refractivity contribution in [3.05, 3.63) is 87.1 Å². The highest BCUT2D eigenvalue weighted by molar-refractivity contribution is 6.42. The Hall–Kier alpha value is -3.48. The maximum Gasteiger partial charge on any atom is 0.343 e. The maximum atomic E-state index is 12.6. The van der Waals surface area contributed by atoms with Crippen LogP contribution in [0.1, 0.15) is 26.3 Å². The molecule has 0 atom stereocenters. The molecular weight excluding hydrogens is 443 g/mol. The number of carbonyl (C=O) groups is 2. The zero-order valence-electron chi connectivity index (χ0n) is 15.7. The highest BCUT2D eigenvalue weighted by Gasteiger charge is 2.28. The quantitative estimate of drug-likeness (QED) is 0.293. The van der Waals surface area contributed by atoms with Crippen molar-refractivity contribution in [2.45, 2.75) is 0 Å². The molecule has 0 saturated heterocycles. The van der Waals surface area contributed by atoms with E-state index in [-0.39, 0.29) is 24.1 Å². The second-order valence-corrected chi connectivity index (χ2v) is 7.54. The number of hydrogen-bond acceptors (Lipinski definition) is 6. The van der Waals surface area contributed by atoms with Crippen molar-refractivity contribution in [1.29, 1.82) is 0 Å². The molecule has 0 unspecified atom stereocenters. The van der Waals surface area contributed by atoms with Gasteiger partial charge in [0.05, 0.1) is 21.2 Å². The molecule has 31 heavy (non-hydrogen) atoms. The van der Waals surface area contributed by atoms with Crippen molar-refractivity contribution in [3.8, 4) is 23.0 Å². The molecule has 0 N–H and O–H groups in total. The van der Waals surface area contributed by atoms with Crippen molar-refractivity contribution in [1.82, 2.24) is 0 Å². The standard InChI is InChI=1S/C23H12Cl2O6/c24-16-5-1-12(7-17(16)25)8-21-22(26)15-4-3-14(10-19(15)31-21)30-23(27)13-2-6-18-20(9-13)29-11-28-18/h1-10H,11H2/b21-8-. The largest absolute Gasteiger partial charge is 0.454 e. The third-order valence-electron chi connectivity index (χ3n) is 4.70. The monoisotopic (exact) mass is 454 g/mol. The van der Waals surface area contributed by atoms with Gasteiger partial charge in [-0.15, -0.1) is 0 Å². The van der Waals surface area contributed by atoms with Gasteiger partial charge in [-0.05, 0) is 54.1 Å². The number of rotatable bonds is 3. The maximum absolute atomic E-state index is 12.6. The summed E-state index contributed by atoms with van der Waals surface area (Å²) in [7, 11) is 0. The fourth-order valence-corrected chi connectivity index (χ4v) is 3.48. The molecule has 3 aromatic carbocycles. The lowest BCUT2D eigenvalue weighted by atomic mass is 10.1. The first-order chi connectivity index (χ1) is 15.0. The second kappa shape index (κ2) is 7.65. The lowest BCUT2D eigenvalue weighted by Crippen LogP contribution is -2.08. The van der Waals surface area contributed by atoms with Crippen molar-refractivity contribution < 1.29 is 28.5 Å². The third kappa shape index (κ3) is 3.71. The number of benzene rings is 3. The molecule has 3 aromatic rings. The van der Waals surface area contributed by atoms with Gasteiger partial charge in [0.1, 0.15) is 11.5 Å². The summed E-state index contributed by atoms with van der Waals surface area (Å²) in [6.45, 7) is 0.113. The van der Waals surface area contributed by atoms with E-state index >= 15 is 0 Å². The highest BCUT2D eigenvalue weighted by Crippen LogP contribution is 2.36. The van der Waals surface area contributed by atoms with Gasteiger partial charge >= 0.3 is 5.97 Å². The molecule has 0 saturated carbocycles. The van der Waals surface area contributed by atoms with Crippen molar-refractivity contribution in [2.24, 2.45) is 0 Å². The molecule has 5 rings (SSSR count). The molecule has 0 aromatic heterocycles. The van der Waals surface area contributed by atoms with E-state index in [0.29, 0.717) is 44.0 Å². The molecule has 0 bridgehead atoms. The van der Waals surface area contributed by atoms with E-state index in [9.17, 15) is 9.59 Å². The molecule has 2 aliphatic heterocycles. The van der Waals surface area contributed by atoms with Gasteiger partial charge in [0, 0.05) is 6.07 Å². The van der Waals surface area contributed by atoms with Gasteiger partial charge in [-0.1, -0.05) is 29.3 Å². The third-order valence-corrected chi connectivity index (χ3v) is 5.44. The molecule has 0 spiro atoms. The van der Waals surface area contributed by atoms with Crippen molar-refractivity contribution in [2.75, 3.05) is 6.79 Å². The fourth-order valence-electron chi connectivity index (χ4n) is 3.17. The van der Waals surface area contributed by atoms with Gasteiger partial charge in [0.25, 0.3) is 0 Å². The SMILES string of the molecule is O=C(Oc1ccc2c(c1)O/C(=C\c1ccc(Cl)c(Cl)c1)C2=O)c1ccc2c(c1)OCO2.